The van der Waals surface area contributed by atoms with Crippen molar-refractivity contribution in [1.82, 2.24) is 0 Å². The van der Waals surface area contributed by atoms with Crippen LogP contribution < -0.4 is 28.4 Å². The van der Waals surface area contributed by atoms with Crippen LogP contribution in [0.25, 0.3) is 0 Å². The summed E-state index contributed by atoms with van der Waals surface area (Å²) < 4.78 is 108. The maximum Gasteiger partial charge on any atom is 0.185 e. The third kappa shape index (κ3) is 18.8. The summed E-state index contributed by atoms with van der Waals surface area (Å²) in [7, 11) is 8.28. The molecule has 366 valence electrons. The standard InChI is InChI=1S/C8H7BrClFO.2C8H8BrFO.C7H5BrClFO2.C7H6BrFO2.C7H7FO2/c1-4-3-5(12-2)8(11)7(10)6(4)9;2*1-5-3-8(11-2)7(10)4-6(5)9;1-12-4-2-3(11)5(8)6(9)7(4)10;1-11-7-3-6(10)4(8)2-5(7)9;1-10-7-4-5(9)2-3-6(7)8/h3H,1-2H3;2*3-4H,1-2H3;2,11H,1H3;2-3,10H,1H3;2-4,9H,1H3. The van der Waals surface area contributed by atoms with Crippen LogP contribution in [0.4, 0.5) is 26.3 Å². The summed E-state index contributed by atoms with van der Waals surface area (Å²) in [5, 5.41) is 26.9. The summed E-state index contributed by atoms with van der Waals surface area (Å²) in [6, 6.07) is 14.8. The van der Waals surface area contributed by atoms with Crippen LogP contribution in [0.15, 0.2) is 89.1 Å². The molecule has 9 nitrogen and oxygen atoms in total. The zero-order valence-corrected chi connectivity index (χ0v) is 46.0. The maximum absolute atomic E-state index is 13.2. The van der Waals surface area contributed by atoms with Crippen LogP contribution in [0.2, 0.25) is 10.0 Å². The van der Waals surface area contributed by atoms with Gasteiger partial charge in [-0.2, -0.15) is 0 Å². The van der Waals surface area contributed by atoms with Gasteiger partial charge in [-0.25, -0.2) is 26.3 Å². The molecular weight excluding hydrogens is 1270 g/mol. The van der Waals surface area contributed by atoms with Gasteiger partial charge < -0.3 is 43.7 Å². The number of hydrogen-bond acceptors (Lipinski definition) is 9. The van der Waals surface area contributed by atoms with Crippen molar-refractivity contribution in [1.29, 1.82) is 0 Å². The molecule has 6 aromatic rings. The van der Waals surface area contributed by atoms with E-state index in [0.29, 0.717) is 8.95 Å². The Morgan fingerprint density at radius 3 is 1.12 bits per heavy atom. The molecule has 0 unspecified atom stereocenters. The molecule has 0 aliphatic heterocycles. The van der Waals surface area contributed by atoms with Gasteiger partial charge in [-0.3, -0.25) is 0 Å². The first kappa shape index (κ1) is 61.1. The molecule has 22 heteroatoms. The fraction of sp³-hybridized carbons (Fsp3) is 0.200. The van der Waals surface area contributed by atoms with Crippen LogP contribution in [0.3, 0.4) is 0 Å². The lowest BCUT2D eigenvalue weighted by molar-refractivity contribution is 0.379. The maximum atomic E-state index is 13.2. The molecular formula is C45H41Br5Cl2F6O9. The Bertz CT molecular complexity index is 2400. The molecule has 0 amide bonds. The van der Waals surface area contributed by atoms with Crippen molar-refractivity contribution in [2.75, 3.05) is 42.7 Å². The summed E-state index contributed by atoms with van der Waals surface area (Å²) in [6.07, 6.45) is 0. The zero-order chi connectivity index (χ0) is 51.5. The van der Waals surface area contributed by atoms with Crippen molar-refractivity contribution >= 4 is 103 Å². The average molecular weight is 1310 g/mol. The van der Waals surface area contributed by atoms with Crippen molar-refractivity contribution in [3.63, 3.8) is 0 Å². The lowest BCUT2D eigenvalue weighted by Crippen LogP contribution is -1.91. The van der Waals surface area contributed by atoms with Crippen molar-refractivity contribution in [2.24, 2.45) is 0 Å². The van der Waals surface area contributed by atoms with Crippen LogP contribution in [0, 0.1) is 55.7 Å². The van der Waals surface area contributed by atoms with Crippen molar-refractivity contribution < 1.29 is 70.1 Å². The third-order valence-electron chi connectivity index (χ3n) is 8.05. The first-order chi connectivity index (χ1) is 31.3. The van der Waals surface area contributed by atoms with Crippen LogP contribution in [0.1, 0.15) is 16.7 Å². The van der Waals surface area contributed by atoms with Gasteiger partial charge in [-0.05, 0) is 134 Å². The molecule has 0 atom stereocenters. The predicted octanol–water partition coefficient (Wildman–Crippen LogP) is 16.2. The molecule has 67 heavy (non-hydrogen) atoms. The number of phenolic OH excluding ortho intramolecular Hbond substituents is 3. The second-order valence-corrected chi connectivity index (χ2v) is 17.5. The van der Waals surface area contributed by atoms with E-state index in [1.807, 2.05) is 20.8 Å². The average Bonchev–Trinajstić information content (AvgIpc) is 3.30. The minimum atomic E-state index is -0.691. The fourth-order valence-electron chi connectivity index (χ4n) is 4.46. The number of ether oxygens (including phenoxy) is 6. The van der Waals surface area contributed by atoms with E-state index < -0.39 is 23.3 Å². The minimum absolute atomic E-state index is 0.00162. The third-order valence-corrected chi connectivity index (χ3v) is 13.4. The lowest BCUT2D eigenvalue weighted by Gasteiger charge is -2.07. The van der Waals surface area contributed by atoms with Crippen LogP contribution in [-0.2, 0) is 0 Å². The Balaban J connectivity index is 0.000000402. The van der Waals surface area contributed by atoms with E-state index >= 15 is 0 Å². The SMILES string of the molecule is COc1cc(C)c(Br)c(Cl)c1F.COc1cc(C)c(Br)cc1F.COc1cc(C)c(Br)cc1F.COc1cc(O)c(Br)c(Cl)c1F.COc1cc(O)c(Br)cc1F.COc1cc(O)ccc1F. The summed E-state index contributed by atoms with van der Waals surface area (Å²) in [5.74, 6) is -2.34. The number of halogens is 13. The van der Waals surface area contributed by atoms with Gasteiger partial charge >= 0.3 is 0 Å². The summed E-state index contributed by atoms with van der Waals surface area (Å²) >= 11 is 26.6. The molecule has 0 radical (unpaired) electrons. The highest BCUT2D eigenvalue weighted by Gasteiger charge is 2.15. The molecule has 0 spiro atoms. The van der Waals surface area contributed by atoms with Crippen molar-refractivity contribution in [2.45, 2.75) is 20.8 Å². The van der Waals surface area contributed by atoms with E-state index in [9.17, 15) is 26.3 Å². The molecule has 0 saturated heterocycles. The monoisotopic (exact) mass is 1300 g/mol. The predicted molar refractivity (Wildman–Crippen MR) is 265 cm³/mol. The second kappa shape index (κ2) is 29.9. The van der Waals surface area contributed by atoms with Gasteiger partial charge in [0, 0.05) is 31.6 Å². The van der Waals surface area contributed by atoms with E-state index in [1.165, 1.54) is 73.0 Å². The van der Waals surface area contributed by atoms with Gasteiger partial charge in [0.2, 0.25) is 0 Å². The molecule has 0 aromatic heterocycles. The largest absolute Gasteiger partial charge is 0.508 e. The summed E-state index contributed by atoms with van der Waals surface area (Å²) in [6.45, 7) is 5.58. The number of aromatic hydroxyl groups is 3. The first-order valence-electron chi connectivity index (χ1n) is 18.2. The number of benzene rings is 6. The van der Waals surface area contributed by atoms with Gasteiger partial charge in [0.1, 0.15) is 17.2 Å². The van der Waals surface area contributed by atoms with Crippen LogP contribution in [-0.4, -0.2) is 58.0 Å². The van der Waals surface area contributed by atoms with Gasteiger partial charge in [0.25, 0.3) is 0 Å². The van der Waals surface area contributed by atoms with E-state index in [4.69, 9.17) is 52.7 Å². The highest BCUT2D eigenvalue weighted by molar-refractivity contribution is 9.11. The molecule has 0 saturated carbocycles. The fourth-order valence-corrected chi connectivity index (χ4v) is 6.42. The lowest BCUT2D eigenvalue weighted by atomic mass is 10.2. The Morgan fingerprint density at radius 2 is 0.716 bits per heavy atom. The molecule has 3 N–H and O–H groups in total. The zero-order valence-electron chi connectivity index (χ0n) is 36.6. The molecule has 0 heterocycles. The number of methoxy groups -OCH3 is 6. The van der Waals surface area contributed by atoms with Gasteiger partial charge in [-0.1, -0.05) is 55.1 Å². The highest BCUT2D eigenvalue weighted by atomic mass is 79.9. The number of aryl methyl sites for hydroxylation is 3. The second-order valence-electron chi connectivity index (χ2n) is 12.6. The van der Waals surface area contributed by atoms with E-state index in [1.54, 1.807) is 18.2 Å². The van der Waals surface area contributed by atoms with E-state index in [-0.39, 0.29) is 77.9 Å². The van der Waals surface area contributed by atoms with Gasteiger partial charge in [0.05, 0.1) is 61.6 Å². The van der Waals surface area contributed by atoms with Gasteiger partial charge in [0.15, 0.2) is 69.4 Å². The summed E-state index contributed by atoms with van der Waals surface area (Å²) in [4.78, 5) is 0. The van der Waals surface area contributed by atoms with Crippen LogP contribution >= 0.6 is 103 Å². The van der Waals surface area contributed by atoms with Crippen molar-refractivity contribution in [3.05, 3.63) is 151 Å². The minimum Gasteiger partial charge on any atom is -0.508 e. The van der Waals surface area contributed by atoms with Crippen molar-refractivity contribution in [3.8, 4) is 51.7 Å². The normalized spacial score (nSPS) is 9.82. The first-order valence-corrected chi connectivity index (χ1v) is 22.9. The Labute approximate surface area is 435 Å². The smallest absolute Gasteiger partial charge is 0.185 e. The quantitative estimate of drug-likeness (QED) is 0.111. The molecule has 0 fully saturated rings. The van der Waals surface area contributed by atoms with Crippen LogP contribution in [0.5, 0.6) is 51.7 Å². The molecule has 6 rings (SSSR count). The number of phenols is 3. The van der Waals surface area contributed by atoms with E-state index in [2.05, 4.69) is 93.9 Å². The Kier molecular flexibility index (Phi) is 27.2. The number of hydrogen-bond donors (Lipinski definition) is 3. The number of rotatable bonds is 6. The molecule has 0 aliphatic rings. The summed E-state index contributed by atoms with van der Waals surface area (Å²) in [5.41, 5.74) is 2.77. The molecule has 6 aromatic carbocycles. The topological polar surface area (TPSA) is 116 Å². The Morgan fingerprint density at radius 1 is 0.388 bits per heavy atom. The van der Waals surface area contributed by atoms with E-state index in [0.717, 1.165) is 43.8 Å². The molecule has 0 bridgehead atoms. The van der Waals surface area contributed by atoms with Gasteiger partial charge in [-0.15, -0.1) is 0 Å². The highest BCUT2D eigenvalue weighted by Crippen LogP contribution is 2.39. The molecule has 0 aliphatic carbocycles. The Hall–Kier alpha value is -3.92.